The van der Waals surface area contributed by atoms with Crippen LogP contribution in [0.3, 0.4) is 0 Å². The molecule has 3 rings (SSSR count). The molecule has 23 heavy (non-hydrogen) atoms. The van der Waals surface area contributed by atoms with Crippen LogP contribution in [0, 0.1) is 5.82 Å². The SMILES string of the molecule is Nc1cc(-n2c(=O)cc(C(F)(F)F)n3ccnc23)c(F)cc1Cl. The first-order chi connectivity index (χ1) is 10.7. The third kappa shape index (κ3) is 2.42. The van der Waals surface area contributed by atoms with E-state index in [1.165, 1.54) is 0 Å². The van der Waals surface area contributed by atoms with Crippen LogP contribution in [0.25, 0.3) is 11.5 Å². The van der Waals surface area contributed by atoms with E-state index in [0.717, 1.165) is 24.5 Å². The number of nitrogens with zero attached hydrogens (tertiary/aromatic N) is 3. The molecule has 0 amide bonds. The van der Waals surface area contributed by atoms with Crippen molar-refractivity contribution in [1.82, 2.24) is 14.0 Å². The number of benzene rings is 1. The van der Waals surface area contributed by atoms with Gasteiger partial charge in [-0.05, 0) is 12.1 Å². The van der Waals surface area contributed by atoms with Gasteiger partial charge in [0.25, 0.3) is 5.56 Å². The first-order valence-electron chi connectivity index (χ1n) is 6.11. The molecule has 5 nitrogen and oxygen atoms in total. The van der Waals surface area contributed by atoms with Crippen molar-refractivity contribution in [2.24, 2.45) is 0 Å². The summed E-state index contributed by atoms with van der Waals surface area (Å²) in [4.78, 5) is 15.8. The Morgan fingerprint density at radius 1 is 1.22 bits per heavy atom. The number of imidazole rings is 1. The van der Waals surface area contributed by atoms with Crippen molar-refractivity contribution in [3.63, 3.8) is 0 Å². The van der Waals surface area contributed by atoms with E-state index >= 15 is 0 Å². The number of hydrogen-bond acceptors (Lipinski definition) is 3. The molecule has 0 fully saturated rings. The van der Waals surface area contributed by atoms with E-state index in [4.69, 9.17) is 17.3 Å². The minimum absolute atomic E-state index is 0.0282. The van der Waals surface area contributed by atoms with E-state index in [0.29, 0.717) is 15.0 Å². The molecule has 0 unspecified atom stereocenters. The summed E-state index contributed by atoms with van der Waals surface area (Å²) in [5, 5.41) is -0.0782. The number of aromatic nitrogens is 3. The average Bonchev–Trinajstić information content (AvgIpc) is 2.90. The van der Waals surface area contributed by atoms with Gasteiger partial charge in [-0.1, -0.05) is 11.6 Å². The predicted octanol–water partition coefficient (Wildman–Crippen LogP) is 2.88. The van der Waals surface area contributed by atoms with Gasteiger partial charge >= 0.3 is 6.18 Å². The van der Waals surface area contributed by atoms with Gasteiger partial charge in [-0.3, -0.25) is 9.20 Å². The molecular weight excluding hydrogens is 340 g/mol. The molecule has 0 atom stereocenters. The van der Waals surface area contributed by atoms with Crippen LogP contribution in [0.2, 0.25) is 5.02 Å². The number of anilines is 1. The molecule has 10 heteroatoms. The molecule has 0 saturated heterocycles. The second kappa shape index (κ2) is 4.98. The van der Waals surface area contributed by atoms with E-state index in [-0.39, 0.29) is 16.4 Å². The summed E-state index contributed by atoms with van der Waals surface area (Å²) in [6, 6.07) is 2.29. The van der Waals surface area contributed by atoms with Crippen molar-refractivity contribution in [3.05, 3.63) is 57.5 Å². The van der Waals surface area contributed by atoms with E-state index in [1.807, 2.05) is 0 Å². The largest absolute Gasteiger partial charge is 0.432 e. The Morgan fingerprint density at radius 3 is 2.57 bits per heavy atom. The fraction of sp³-hybridized carbons (Fsp3) is 0.0769. The van der Waals surface area contributed by atoms with E-state index in [9.17, 15) is 22.4 Å². The molecule has 120 valence electrons. The Balaban J connectivity index is 2.41. The number of hydrogen-bond donors (Lipinski definition) is 1. The van der Waals surface area contributed by atoms with Gasteiger partial charge in [-0.2, -0.15) is 13.2 Å². The van der Waals surface area contributed by atoms with E-state index < -0.39 is 29.0 Å². The standard InChI is InChI=1S/C13H7ClF4N4O/c14-6-3-7(15)9(4-8(6)19)22-11(23)5-10(13(16,17)18)21-2-1-20-12(21)22/h1-5H,19H2. The third-order valence-corrected chi connectivity index (χ3v) is 3.49. The monoisotopic (exact) mass is 346 g/mol. The Kier molecular flexibility index (Phi) is 3.33. The molecule has 0 saturated carbocycles. The minimum Gasteiger partial charge on any atom is -0.397 e. The number of halogens is 5. The zero-order chi connectivity index (χ0) is 16.9. The highest BCUT2D eigenvalue weighted by Crippen LogP contribution is 2.30. The highest BCUT2D eigenvalue weighted by Gasteiger charge is 2.35. The predicted molar refractivity (Wildman–Crippen MR) is 75.2 cm³/mol. The number of alkyl halides is 3. The second-order valence-electron chi connectivity index (χ2n) is 4.62. The summed E-state index contributed by atoms with van der Waals surface area (Å²) >= 11 is 5.67. The molecule has 1 aromatic carbocycles. The highest BCUT2D eigenvalue weighted by atomic mass is 35.5. The van der Waals surface area contributed by atoms with Gasteiger partial charge in [0.15, 0.2) is 0 Å². The molecule has 0 spiro atoms. The summed E-state index contributed by atoms with van der Waals surface area (Å²) in [5.41, 5.74) is 2.89. The van der Waals surface area contributed by atoms with E-state index in [1.54, 1.807) is 0 Å². The maximum Gasteiger partial charge on any atom is 0.432 e. The topological polar surface area (TPSA) is 65.3 Å². The Labute approximate surface area is 130 Å². The summed E-state index contributed by atoms with van der Waals surface area (Å²) in [6.45, 7) is 0. The summed E-state index contributed by atoms with van der Waals surface area (Å²) in [5.74, 6) is -1.32. The quantitative estimate of drug-likeness (QED) is 0.544. The van der Waals surface area contributed by atoms with Crippen molar-refractivity contribution >= 4 is 23.1 Å². The number of nitrogens with two attached hydrogens (primary N) is 1. The normalized spacial score (nSPS) is 12.0. The number of fused-ring (bicyclic) bond motifs is 1. The Hall–Kier alpha value is -2.55. The maximum atomic E-state index is 14.1. The van der Waals surface area contributed by atoms with E-state index in [2.05, 4.69) is 4.98 Å². The van der Waals surface area contributed by atoms with Gasteiger partial charge in [0.05, 0.1) is 16.4 Å². The highest BCUT2D eigenvalue weighted by molar-refractivity contribution is 6.33. The van der Waals surface area contributed by atoms with Crippen LogP contribution in [-0.4, -0.2) is 14.0 Å². The zero-order valence-corrected chi connectivity index (χ0v) is 11.9. The lowest BCUT2D eigenvalue weighted by molar-refractivity contribution is -0.142. The lowest BCUT2D eigenvalue weighted by atomic mass is 10.2. The van der Waals surface area contributed by atoms with Gasteiger partial charge in [-0.15, -0.1) is 0 Å². The molecule has 2 N–H and O–H groups in total. The van der Waals surface area contributed by atoms with Crippen LogP contribution in [0.5, 0.6) is 0 Å². The van der Waals surface area contributed by atoms with Crippen LogP contribution in [0.15, 0.2) is 35.4 Å². The fourth-order valence-corrected chi connectivity index (χ4v) is 2.32. The van der Waals surface area contributed by atoms with Crippen molar-refractivity contribution in [3.8, 4) is 5.69 Å². The Bertz CT molecular complexity index is 976. The number of nitrogen functional groups attached to an aromatic ring is 1. The minimum atomic E-state index is -4.77. The van der Waals surface area contributed by atoms with Crippen molar-refractivity contribution in [1.29, 1.82) is 0 Å². The molecule has 0 aliphatic rings. The average molecular weight is 347 g/mol. The summed E-state index contributed by atoms with van der Waals surface area (Å²) in [6.07, 6.45) is -2.68. The van der Waals surface area contributed by atoms with Crippen LogP contribution < -0.4 is 11.3 Å². The fourth-order valence-electron chi connectivity index (χ4n) is 2.17. The molecule has 0 bridgehead atoms. The maximum absolute atomic E-state index is 14.1. The lowest BCUT2D eigenvalue weighted by Crippen LogP contribution is -2.26. The molecular formula is C13H7ClF4N4O. The summed E-state index contributed by atoms with van der Waals surface area (Å²) in [7, 11) is 0. The van der Waals surface area contributed by atoms with Crippen LogP contribution in [-0.2, 0) is 6.18 Å². The first-order valence-corrected chi connectivity index (χ1v) is 6.49. The van der Waals surface area contributed by atoms with Crippen LogP contribution in [0.4, 0.5) is 23.2 Å². The van der Waals surface area contributed by atoms with Crippen molar-refractivity contribution in [2.75, 3.05) is 5.73 Å². The van der Waals surface area contributed by atoms with Gasteiger partial charge in [0.1, 0.15) is 11.5 Å². The lowest BCUT2D eigenvalue weighted by Gasteiger charge is -2.14. The molecule has 2 aromatic heterocycles. The smallest absolute Gasteiger partial charge is 0.397 e. The molecule has 3 aromatic rings. The molecule has 0 aliphatic heterocycles. The number of rotatable bonds is 1. The molecule has 0 radical (unpaired) electrons. The summed E-state index contributed by atoms with van der Waals surface area (Å²) < 4.78 is 54.4. The second-order valence-corrected chi connectivity index (χ2v) is 5.03. The van der Waals surface area contributed by atoms with Crippen molar-refractivity contribution in [2.45, 2.75) is 6.18 Å². The molecule has 0 aliphatic carbocycles. The van der Waals surface area contributed by atoms with Crippen LogP contribution in [0.1, 0.15) is 5.69 Å². The third-order valence-electron chi connectivity index (χ3n) is 3.16. The van der Waals surface area contributed by atoms with Gasteiger partial charge in [0, 0.05) is 18.5 Å². The zero-order valence-electron chi connectivity index (χ0n) is 11.1. The van der Waals surface area contributed by atoms with Gasteiger partial charge in [-0.25, -0.2) is 13.9 Å². The molecule has 2 heterocycles. The first kappa shape index (κ1) is 15.3. The Morgan fingerprint density at radius 2 is 1.91 bits per heavy atom. The van der Waals surface area contributed by atoms with Gasteiger partial charge < -0.3 is 5.73 Å². The van der Waals surface area contributed by atoms with Crippen LogP contribution >= 0.6 is 11.6 Å². The van der Waals surface area contributed by atoms with Gasteiger partial charge in [0.2, 0.25) is 5.78 Å². The van der Waals surface area contributed by atoms with Crippen molar-refractivity contribution < 1.29 is 17.6 Å².